The van der Waals surface area contributed by atoms with Crippen LogP contribution in [0, 0.1) is 0 Å². The highest BCUT2D eigenvalue weighted by Gasteiger charge is 2.44. The summed E-state index contributed by atoms with van der Waals surface area (Å²) in [7, 11) is 0. The van der Waals surface area contributed by atoms with Crippen molar-refractivity contribution in [2.75, 3.05) is 4.90 Å². The number of carbonyl (C=O) groups is 5. The third kappa shape index (κ3) is 6.66. The van der Waals surface area contributed by atoms with Crippen molar-refractivity contribution in [1.82, 2.24) is 4.90 Å². The second kappa shape index (κ2) is 14.8. The van der Waals surface area contributed by atoms with Gasteiger partial charge in [-0.05, 0) is 127 Å². The third-order valence-corrected chi connectivity index (χ3v) is 12.2. The van der Waals surface area contributed by atoms with E-state index in [0.29, 0.717) is 24.9 Å². The second-order valence-corrected chi connectivity index (χ2v) is 16.3. The molecule has 4 amide bonds. The van der Waals surface area contributed by atoms with Crippen LogP contribution in [0.5, 0.6) is 0 Å². The lowest BCUT2D eigenvalue weighted by atomic mass is 9.75. The number of hydrogen-bond acceptors (Lipinski definition) is 5. The van der Waals surface area contributed by atoms with Crippen molar-refractivity contribution in [3.05, 3.63) is 133 Å². The smallest absolute Gasteiger partial charge is 0.266 e. The van der Waals surface area contributed by atoms with Gasteiger partial charge in [0.25, 0.3) is 23.6 Å². The molecular formula is C48H54N2O5. The standard InChI is InChI=1S/C48H54N2O5/c1-11-30-22-28(23-31(12-2)40(30)47(7,8)15-5)21-29-24-32(13-3)41(33(14-4)25-29)49-43(52)36-19-17-34(26-38(36)44(49)53)42(51)35-18-20-37-39(27-35)46(55)50(45(37)54)48(9,10)16-6/h17-20,22-27H,11-16,21H2,1-10H3. The number of aryl methyl sites for hydroxylation is 4. The number of amides is 4. The summed E-state index contributed by atoms with van der Waals surface area (Å²) >= 11 is 0. The first-order valence-corrected chi connectivity index (χ1v) is 20.0. The molecule has 4 aromatic carbocycles. The minimum atomic E-state index is -0.679. The monoisotopic (exact) mass is 738 g/mol. The van der Waals surface area contributed by atoms with E-state index in [1.54, 1.807) is 12.1 Å². The maximum atomic E-state index is 14.2. The molecule has 0 aromatic heterocycles. The summed E-state index contributed by atoms with van der Waals surface area (Å²) in [5, 5.41) is 0. The van der Waals surface area contributed by atoms with E-state index in [2.05, 4.69) is 58.9 Å². The van der Waals surface area contributed by atoms with Crippen molar-refractivity contribution < 1.29 is 24.0 Å². The SMILES string of the molecule is CCc1cc(Cc2cc(CC)c(C(C)(C)CC)c(CC)c2)cc(CC)c1N1C(=O)c2ccc(C(=O)c3ccc4c(c3)C(=O)N(C(C)(C)CC)C4=O)cc2C1=O. The van der Waals surface area contributed by atoms with E-state index in [9.17, 15) is 24.0 Å². The van der Waals surface area contributed by atoms with E-state index in [0.717, 1.165) is 42.4 Å². The van der Waals surface area contributed by atoms with Gasteiger partial charge in [-0.15, -0.1) is 0 Å². The first-order valence-electron chi connectivity index (χ1n) is 20.0. The van der Waals surface area contributed by atoms with Crippen LogP contribution in [0.25, 0.3) is 0 Å². The Bertz CT molecular complexity index is 2230. The highest BCUT2D eigenvalue weighted by Crippen LogP contribution is 2.39. The predicted octanol–water partition coefficient (Wildman–Crippen LogP) is 10.0. The molecule has 286 valence electrons. The third-order valence-electron chi connectivity index (χ3n) is 12.2. The first-order chi connectivity index (χ1) is 26.1. The highest BCUT2D eigenvalue weighted by molar-refractivity contribution is 6.35. The molecule has 0 atom stereocenters. The lowest BCUT2D eigenvalue weighted by Crippen LogP contribution is -2.47. The Morgan fingerprint density at radius 2 is 0.945 bits per heavy atom. The fourth-order valence-corrected chi connectivity index (χ4v) is 8.38. The van der Waals surface area contributed by atoms with Gasteiger partial charge in [0.05, 0.1) is 27.9 Å². The lowest BCUT2D eigenvalue weighted by Gasteiger charge is -2.32. The molecule has 7 heteroatoms. The molecule has 0 saturated carbocycles. The number of fused-ring (bicyclic) bond motifs is 2. The van der Waals surface area contributed by atoms with Crippen molar-refractivity contribution in [2.45, 2.75) is 125 Å². The zero-order valence-electron chi connectivity index (χ0n) is 34.2. The minimum Gasteiger partial charge on any atom is -0.289 e. The summed E-state index contributed by atoms with van der Waals surface area (Å²) in [6, 6.07) is 18.1. The molecule has 0 fully saturated rings. The summed E-state index contributed by atoms with van der Waals surface area (Å²) < 4.78 is 0. The van der Waals surface area contributed by atoms with Gasteiger partial charge in [-0.2, -0.15) is 0 Å². The number of anilines is 1. The molecule has 0 bridgehead atoms. The van der Waals surface area contributed by atoms with Crippen LogP contribution < -0.4 is 4.90 Å². The summed E-state index contributed by atoms with van der Waals surface area (Å²) in [6.07, 6.45) is 5.59. The van der Waals surface area contributed by atoms with Crippen LogP contribution in [-0.4, -0.2) is 39.9 Å². The van der Waals surface area contributed by atoms with E-state index in [-0.39, 0.29) is 44.7 Å². The average molecular weight is 739 g/mol. The van der Waals surface area contributed by atoms with Gasteiger partial charge >= 0.3 is 0 Å². The van der Waals surface area contributed by atoms with Crippen LogP contribution >= 0.6 is 0 Å². The normalized spacial score (nSPS) is 14.3. The van der Waals surface area contributed by atoms with E-state index in [1.165, 1.54) is 56.3 Å². The minimum absolute atomic E-state index is 0.0971. The quantitative estimate of drug-likeness (QED) is 0.101. The molecule has 0 spiro atoms. The molecule has 7 nitrogen and oxygen atoms in total. The summed E-state index contributed by atoms with van der Waals surface area (Å²) in [5.41, 5.74) is 9.88. The number of rotatable bonds is 13. The van der Waals surface area contributed by atoms with Crippen LogP contribution in [0.1, 0.15) is 178 Å². The Kier molecular flexibility index (Phi) is 10.6. The molecular weight excluding hydrogens is 685 g/mol. The topological polar surface area (TPSA) is 91.8 Å². The van der Waals surface area contributed by atoms with Crippen molar-refractivity contribution in [3.8, 4) is 0 Å². The van der Waals surface area contributed by atoms with Crippen LogP contribution in [0.2, 0.25) is 0 Å². The summed E-state index contributed by atoms with van der Waals surface area (Å²) in [4.78, 5) is 71.1. The van der Waals surface area contributed by atoms with Gasteiger partial charge in [-0.1, -0.05) is 91.8 Å². The Morgan fingerprint density at radius 3 is 1.40 bits per heavy atom. The van der Waals surface area contributed by atoms with Gasteiger partial charge in [-0.25, -0.2) is 4.90 Å². The zero-order chi connectivity index (χ0) is 40.1. The number of benzene rings is 4. The van der Waals surface area contributed by atoms with Gasteiger partial charge in [-0.3, -0.25) is 28.9 Å². The zero-order valence-corrected chi connectivity index (χ0v) is 34.2. The van der Waals surface area contributed by atoms with E-state index >= 15 is 0 Å². The second-order valence-electron chi connectivity index (χ2n) is 16.3. The van der Waals surface area contributed by atoms with Crippen LogP contribution in [0.3, 0.4) is 0 Å². The molecule has 2 aliphatic rings. The van der Waals surface area contributed by atoms with Crippen molar-refractivity contribution in [3.63, 3.8) is 0 Å². The molecule has 0 saturated heterocycles. The first kappa shape index (κ1) is 39.5. The number of nitrogens with zero attached hydrogens (tertiary/aromatic N) is 2. The number of carbonyl (C=O) groups excluding carboxylic acids is 5. The molecule has 0 unspecified atom stereocenters. The summed E-state index contributed by atoms with van der Waals surface area (Å²) in [6.45, 7) is 21.1. The van der Waals surface area contributed by atoms with Crippen LogP contribution in [-0.2, 0) is 37.5 Å². The molecule has 0 radical (unpaired) electrons. The van der Waals surface area contributed by atoms with E-state index in [1.807, 2.05) is 34.6 Å². The molecule has 2 aliphatic heterocycles. The summed E-state index contributed by atoms with van der Waals surface area (Å²) in [5.74, 6) is -2.09. The van der Waals surface area contributed by atoms with Gasteiger partial charge in [0.1, 0.15) is 0 Å². The van der Waals surface area contributed by atoms with Crippen molar-refractivity contribution >= 4 is 35.1 Å². The van der Waals surface area contributed by atoms with Crippen molar-refractivity contribution in [1.29, 1.82) is 0 Å². The fraction of sp³-hybridized carbons (Fsp3) is 0.396. The largest absolute Gasteiger partial charge is 0.289 e. The Labute approximate surface area is 326 Å². The fourth-order valence-electron chi connectivity index (χ4n) is 8.38. The lowest BCUT2D eigenvalue weighted by molar-refractivity contribution is 0.0474. The molecule has 4 aromatic rings. The van der Waals surface area contributed by atoms with Crippen molar-refractivity contribution in [2.24, 2.45) is 0 Å². The Hall–Kier alpha value is -5.17. The van der Waals surface area contributed by atoms with Crippen LogP contribution in [0.15, 0.2) is 60.7 Å². The molecule has 0 aliphatic carbocycles. The Balaban J connectivity index is 1.31. The predicted molar refractivity (Wildman–Crippen MR) is 219 cm³/mol. The van der Waals surface area contributed by atoms with E-state index in [4.69, 9.17) is 0 Å². The maximum Gasteiger partial charge on any atom is 0.266 e. The number of ketones is 1. The van der Waals surface area contributed by atoms with Gasteiger partial charge < -0.3 is 0 Å². The maximum absolute atomic E-state index is 14.2. The molecule has 2 heterocycles. The molecule has 0 N–H and O–H groups in total. The Morgan fingerprint density at radius 1 is 0.527 bits per heavy atom. The molecule has 6 rings (SSSR count). The van der Waals surface area contributed by atoms with Crippen LogP contribution in [0.4, 0.5) is 5.69 Å². The average Bonchev–Trinajstić information content (AvgIpc) is 3.59. The van der Waals surface area contributed by atoms with E-state index < -0.39 is 29.0 Å². The van der Waals surface area contributed by atoms with Gasteiger partial charge in [0.2, 0.25) is 0 Å². The highest BCUT2D eigenvalue weighted by atomic mass is 16.2. The molecule has 55 heavy (non-hydrogen) atoms. The number of imide groups is 2. The van der Waals surface area contributed by atoms with Gasteiger partial charge in [0, 0.05) is 16.7 Å². The van der Waals surface area contributed by atoms with Gasteiger partial charge in [0.15, 0.2) is 5.78 Å². The number of hydrogen-bond donors (Lipinski definition) is 0.